The fourth-order valence-electron chi connectivity index (χ4n) is 6.22. The van der Waals surface area contributed by atoms with Gasteiger partial charge >= 0.3 is 17.8 Å². The summed E-state index contributed by atoms with van der Waals surface area (Å²) in [6, 6.07) is 16.5. The number of allylic oxidation sites excluding steroid dienone is 4. The summed E-state index contributed by atoms with van der Waals surface area (Å²) in [5, 5.41) is 0. The first kappa shape index (κ1) is 27.6. The normalized spacial score (nSPS) is 29.1. The SMILES string of the molecule is CCN(CC)c1ccc(C2=CC3=C4C(=C5C=C(c6ccccc6)SC5(C)C3(C)S2)C(F)(F)C(F)(F)C4(F)F)cc1. The molecule has 1 nitrogen and oxygen atoms in total. The Morgan fingerprint density at radius 2 is 1.05 bits per heavy atom. The lowest BCUT2D eigenvalue weighted by Gasteiger charge is -2.47. The van der Waals surface area contributed by atoms with Gasteiger partial charge in [0.05, 0.1) is 9.49 Å². The third-order valence-corrected chi connectivity index (χ3v) is 12.0. The number of anilines is 1. The van der Waals surface area contributed by atoms with Crippen molar-refractivity contribution >= 4 is 39.0 Å². The zero-order chi connectivity index (χ0) is 28.9. The Labute approximate surface area is 238 Å². The van der Waals surface area contributed by atoms with Crippen LogP contribution in [-0.2, 0) is 0 Å². The Hall–Kier alpha value is -2.52. The van der Waals surface area contributed by atoms with Gasteiger partial charge in [0.2, 0.25) is 0 Å². The summed E-state index contributed by atoms with van der Waals surface area (Å²) in [5.74, 6) is -15.6. The molecule has 1 fully saturated rings. The molecule has 0 radical (unpaired) electrons. The summed E-state index contributed by atoms with van der Waals surface area (Å²) in [4.78, 5) is 3.32. The summed E-state index contributed by atoms with van der Waals surface area (Å²) in [6.45, 7) is 9.12. The molecule has 2 unspecified atom stereocenters. The lowest BCUT2D eigenvalue weighted by Crippen LogP contribution is -2.48. The maximum Gasteiger partial charge on any atom is 0.380 e. The van der Waals surface area contributed by atoms with Gasteiger partial charge in [-0.3, -0.25) is 0 Å². The van der Waals surface area contributed by atoms with Crippen LogP contribution in [0.3, 0.4) is 0 Å². The Morgan fingerprint density at radius 3 is 1.48 bits per heavy atom. The van der Waals surface area contributed by atoms with Crippen LogP contribution in [0.1, 0.15) is 38.8 Å². The van der Waals surface area contributed by atoms with Gasteiger partial charge in [0, 0.05) is 39.7 Å². The number of hydrogen-bond acceptors (Lipinski definition) is 3. The minimum absolute atomic E-state index is 0.154. The maximum absolute atomic E-state index is 15.5. The van der Waals surface area contributed by atoms with Crippen molar-refractivity contribution in [1.82, 2.24) is 0 Å². The summed E-state index contributed by atoms with van der Waals surface area (Å²) < 4.78 is 89.5. The molecular formula is C31H27F6NS2. The average molecular weight is 592 g/mol. The van der Waals surface area contributed by atoms with Crippen molar-refractivity contribution < 1.29 is 26.3 Å². The molecule has 0 bridgehead atoms. The van der Waals surface area contributed by atoms with Crippen LogP contribution in [0, 0.1) is 0 Å². The van der Waals surface area contributed by atoms with Crippen LogP contribution in [0.25, 0.3) is 9.81 Å². The number of hydrogen-bond donors (Lipinski definition) is 0. The molecule has 9 heteroatoms. The van der Waals surface area contributed by atoms with Gasteiger partial charge in [0.1, 0.15) is 0 Å². The van der Waals surface area contributed by atoms with Crippen molar-refractivity contribution in [2.24, 2.45) is 0 Å². The van der Waals surface area contributed by atoms with E-state index >= 15 is 17.6 Å². The first-order chi connectivity index (χ1) is 18.7. The van der Waals surface area contributed by atoms with Gasteiger partial charge in [0.25, 0.3) is 0 Å². The molecule has 1 saturated carbocycles. The minimum Gasteiger partial charge on any atom is -0.372 e. The predicted octanol–water partition coefficient (Wildman–Crippen LogP) is 9.45. The standard InChI is InChI=1S/C31H27F6NS2/c1-5-38(6-2)20-14-12-19(13-15-20)24-17-22-26-25(29(32,33)31(36,37)30(26,34)35)21-16-23(18-10-8-7-9-11-18)39-27(21,3)28(22,4)40-24/h7-17H,5-6H2,1-4H3. The molecular weight excluding hydrogens is 564 g/mol. The Kier molecular flexibility index (Phi) is 6.04. The highest BCUT2D eigenvalue weighted by Crippen LogP contribution is 2.75. The molecule has 0 saturated heterocycles. The van der Waals surface area contributed by atoms with Crippen LogP contribution < -0.4 is 4.90 Å². The highest BCUT2D eigenvalue weighted by Gasteiger charge is 2.84. The quantitative estimate of drug-likeness (QED) is 0.319. The van der Waals surface area contributed by atoms with Crippen molar-refractivity contribution in [1.29, 1.82) is 0 Å². The van der Waals surface area contributed by atoms with Gasteiger partial charge < -0.3 is 4.90 Å². The van der Waals surface area contributed by atoms with Crippen LogP contribution in [0.15, 0.2) is 89.0 Å². The molecule has 2 aliphatic carbocycles. The summed E-state index contributed by atoms with van der Waals surface area (Å²) in [7, 11) is 0. The average Bonchev–Trinajstić information content (AvgIpc) is 3.50. The minimum atomic E-state index is -5.56. The number of alkyl halides is 6. The Bertz CT molecular complexity index is 1520. The van der Waals surface area contributed by atoms with Crippen molar-refractivity contribution in [3.63, 3.8) is 0 Å². The molecule has 2 aromatic rings. The first-order valence-corrected chi connectivity index (χ1v) is 14.7. The van der Waals surface area contributed by atoms with E-state index in [9.17, 15) is 8.78 Å². The van der Waals surface area contributed by atoms with Crippen LogP contribution >= 0.6 is 23.5 Å². The molecule has 210 valence electrons. The first-order valence-electron chi connectivity index (χ1n) is 13.1. The molecule has 0 N–H and O–H groups in total. The molecule has 2 aliphatic heterocycles. The number of rotatable bonds is 5. The van der Waals surface area contributed by atoms with E-state index < -0.39 is 38.4 Å². The second kappa shape index (κ2) is 8.74. The van der Waals surface area contributed by atoms with Crippen molar-refractivity contribution in [3.05, 3.63) is 100 Å². The highest BCUT2D eigenvalue weighted by atomic mass is 32.2. The predicted molar refractivity (Wildman–Crippen MR) is 153 cm³/mol. The largest absolute Gasteiger partial charge is 0.380 e. The smallest absolute Gasteiger partial charge is 0.372 e. The van der Waals surface area contributed by atoms with E-state index in [0.29, 0.717) is 15.4 Å². The lowest BCUT2D eigenvalue weighted by molar-refractivity contribution is -0.258. The van der Waals surface area contributed by atoms with E-state index in [4.69, 9.17) is 0 Å². The van der Waals surface area contributed by atoms with E-state index in [1.54, 1.807) is 44.2 Å². The zero-order valence-corrected chi connectivity index (χ0v) is 23.9. The Balaban J connectivity index is 1.57. The Morgan fingerprint density at radius 1 is 0.625 bits per heavy atom. The van der Waals surface area contributed by atoms with Gasteiger partial charge in [-0.15, -0.1) is 23.5 Å². The lowest BCUT2D eigenvalue weighted by atomic mass is 9.71. The van der Waals surface area contributed by atoms with Gasteiger partial charge in [0.15, 0.2) is 0 Å². The molecule has 0 spiro atoms. The van der Waals surface area contributed by atoms with E-state index in [2.05, 4.69) is 4.90 Å². The number of halogens is 6. The van der Waals surface area contributed by atoms with Crippen molar-refractivity contribution in [2.45, 2.75) is 55.0 Å². The van der Waals surface area contributed by atoms with Gasteiger partial charge in [-0.05, 0) is 74.3 Å². The van der Waals surface area contributed by atoms with Crippen LogP contribution in [0.4, 0.5) is 32.0 Å². The second-order valence-corrected chi connectivity index (χ2v) is 13.6. The monoisotopic (exact) mass is 591 g/mol. The highest BCUT2D eigenvalue weighted by molar-refractivity contribution is 8.14. The van der Waals surface area contributed by atoms with Crippen LogP contribution in [0.2, 0.25) is 0 Å². The molecule has 40 heavy (non-hydrogen) atoms. The van der Waals surface area contributed by atoms with E-state index in [1.807, 2.05) is 38.1 Å². The molecule has 2 heterocycles. The number of fused-ring (bicyclic) bond motifs is 4. The number of thioether (sulfide) groups is 2. The summed E-state index contributed by atoms with van der Waals surface area (Å²) >= 11 is 2.55. The van der Waals surface area contributed by atoms with E-state index in [1.165, 1.54) is 35.7 Å². The molecule has 2 atom stereocenters. The van der Waals surface area contributed by atoms with Gasteiger partial charge in [-0.1, -0.05) is 42.5 Å². The fraction of sp³-hybridized carbons (Fsp3) is 0.355. The second-order valence-electron chi connectivity index (χ2n) is 10.7. The molecule has 6 rings (SSSR count). The zero-order valence-electron chi connectivity index (χ0n) is 22.3. The molecule has 0 aromatic heterocycles. The van der Waals surface area contributed by atoms with Crippen molar-refractivity contribution in [2.75, 3.05) is 18.0 Å². The fourth-order valence-corrected chi connectivity index (χ4v) is 9.36. The van der Waals surface area contributed by atoms with Gasteiger partial charge in [-0.25, -0.2) is 0 Å². The van der Waals surface area contributed by atoms with Crippen molar-refractivity contribution in [3.8, 4) is 0 Å². The van der Waals surface area contributed by atoms with Crippen LogP contribution in [0.5, 0.6) is 0 Å². The van der Waals surface area contributed by atoms with E-state index in [0.717, 1.165) is 24.3 Å². The topological polar surface area (TPSA) is 3.24 Å². The number of benzene rings is 2. The third kappa shape index (κ3) is 3.33. The number of nitrogens with zero attached hydrogens (tertiary/aromatic N) is 1. The maximum atomic E-state index is 15.5. The molecule has 0 amide bonds. The summed E-state index contributed by atoms with van der Waals surface area (Å²) in [6.07, 6.45) is 2.85. The van der Waals surface area contributed by atoms with Crippen LogP contribution in [-0.4, -0.2) is 40.4 Å². The molecule has 4 aliphatic rings. The van der Waals surface area contributed by atoms with Gasteiger partial charge in [-0.2, -0.15) is 26.3 Å². The van der Waals surface area contributed by atoms with E-state index in [-0.39, 0.29) is 11.1 Å². The summed E-state index contributed by atoms with van der Waals surface area (Å²) in [5.41, 5.74) is -0.346. The third-order valence-electron chi connectivity index (χ3n) is 8.66. The molecule has 2 aromatic carbocycles.